The molecular formula is C39H37F3N2O4. The Bertz CT molecular complexity index is 1710. The van der Waals surface area contributed by atoms with Gasteiger partial charge >= 0.3 is 12.1 Å². The summed E-state index contributed by atoms with van der Waals surface area (Å²) in [4.78, 5) is 41.0. The first-order valence-corrected chi connectivity index (χ1v) is 15.9. The van der Waals surface area contributed by atoms with E-state index in [1.807, 2.05) is 36.4 Å². The highest BCUT2D eigenvalue weighted by atomic mass is 19.4. The molecule has 1 heterocycles. The highest BCUT2D eigenvalue weighted by Crippen LogP contribution is 2.39. The van der Waals surface area contributed by atoms with Crippen LogP contribution in [0.3, 0.4) is 0 Å². The van der Waals surface area contributed by atoms with Crippen LogP contribution in [0.1, 0.15) is 76.7 Å². The van der Waals surface area contributed by atoms with Crippen molar-refractivity contribution in [1.29, 1.82) is 0 Å². The summed E-state index contributed by atoms with van der Waals surface area (Å²) in [6.45, 7) is 4.02. The maximum atomic E-state index is 13.4. The third-order valence-corrected chi connectivity index (χ3v) is 8.64. The van der Waals surface area contributed by atoms with Crippen molar-refractivity contribution < 1.29 is 32.3 Å². The average Bonchev–Trinajstić information content (AvgIpc) is 3.09. The molecule has 1 N–H and O–H groups in total. The van der Waals surface area contributed by atoms with Gasteiger partial charge in [-0.2, -0.15) is 13.2 Å². The predicted octanol–water partition coefficient (Wildman–Crippen LogP) is 8.01. The van der Waals surface area contributed by atoms with Crippen molar-refractivity contribution in [2.45, 2.75) is 51.2 Å². The molecule has 4 aromatic rings. The van der Waals surface area contributed by atoms with Crippen LogP contribution in [0.4, 0.5) is 13.2 Å². The molecule has 1 unspecified atom stereocenters. The minimum atomic E-state index is -4.50. The first-order valence-electron chi connectivity index (χ1n) is 15.9. The van der Waals surface area contributed by atoms with Crippen molar-refractivity contribution in [1.82, 2.24) is 10.2 Å². The largest absolute Gasteiger partial charge is 0.463 e. The van der Waals surface area contributed by atoms with E-state index in [0.717, 1.165) is 24.1 Å². The zero-order chi connectivity index (χ0) is 34.3. The quantitative estimate of drug-likeness (QED) is 0.166. The van der Waals surface area contributed by atoms with Gasteiger partial charge in [0, 0.05) is 36.1 Å². The standard InChI is InChI=1S/C39H37F3N2O4/c1-3-48-38(47)36-26(2)44(35(45)24-34(36)30-18-20-32(21-19-30)39(40,41)42)25-27-14-16-31(17-15-27)37(46)43-23-22-33(28-10-6-4-7-11-28)29-12-8-5-9-13-29/h4-21,33-34H,3,22-25H2,1-2H3,(H,43,46). The summed E-state index contributed by atoms with van der Waals surface area (Å²) in [5.74, 6) is -1.73. The molecule has 2 amide bonds. The molecule has 0 radical (unpaired) electrons. The molecule has 0 fully saturated rings. The predicted molar refractivity (Wildman–Crippen MR) is 177 cm³/mol. The molecule has 6 nitrogen and oxygen atoms in total. The Morgan fingerprint density at radius 2 is 1.46 bits per heavy atom. The smallest absolute Gasteiger partial charge is 0.416 e. The third-order valence-electron chi connectivity index (χ3n) is 8.64. The minimum absolute atomic E-state index is 0.103. The second kappa shape index (κ2) is 15.2. The van der Waals surface area contributed by atoms with Crippen LogP contribution in [0.25, 0.3) is 0 Å². The number of hydrogen-bond acceptors (Lipinski definition) is 4. The zero-order valence-electron chi connectivity index (χ0n) is 26.8. The Labute approximate surface area is 278 Å². The number of rotatable bonds is 11. The van der Waals surface area contributed by atoms with Crippen LogP contribution in [-0.2, 0) is 27.0 Å². The van der Waals surface area contributed by atoms with E-state index in [2.05, 4.69) is 29.6 Å². The van der Waals surface area contributed by atoms with Crippen LogP contribution in [0.5, 0.6) is 0 Å². The van der Waals surface area contributed by atoms with Gasteiger partial charge in [0.05, 0.1) is 24.3 Å². The molecule has 248 valence electrons. The summed E-state index contributed by atoms with van der Waals surface area (Å²) in [7, 11) is 0. The van der Waals surface area contributed by atoms with Crippen LogP contribution < -0.4 is 5.32 Å². The Morgan fingerprint density at radius 1 is 0.875 bits per heavy atom. The second-order valence-corrected chi connectivity index (χ2v) is 11.7. The lowest BCUT2D eigenvalue weighted by atomic mass is 9.83. The van der Waals surface area contributed by atoms with Crippen LogP contribution in [0, 0.1) is 0 Å². The number of carbonyl (C=O) groups is 3. The summed E-state index contributed by atoms with van der Waals surface area (Å²) >= 11 is 0. The van der Waals surface area contributed by atoms with Gasteiger partial charge in [0.25, 0.3) is 5.91 Å². The number of halogens is 3. The second-order valence-electron chi connectivity index (χ2n) is 11.7. The summed E-state index contributed by atoms with van der Waals surface area (Å²) in [5, 5.41) is 3.02. The number of amides is 2. The summed E-state index contributed by atoms with van der Waals surface area (Å²) in [5.41, 5.74) is 3.79. The molecule has 0 saturated heterocycles. The Kier molecular flexibility index (Phi) is 10.8. The van der Waals surface area contributed by atoms with E-state index in [4.69, 9.17) is 4.74 Å². The van der Waals surface area contributed by atoms with Gasteiger partial charge in [-0.05, 0) is 66.8 Å². The number of nitrogens with zero attached hydrogens (tertiary/aromatic N) is 1. The number of nitrogens with one attached hydrogen (secondary N) is 1. The maximum absolute atomic E-state index is 13.4. The van der Waals surface area contributed by atoms with E-state index in [1.54, 1.807) is 38.1 Å². The Balaban J connectivity index is 1.27. The van der Waals surface area contributed by atoms with Gasteiger partial charge in [-0.25, -0.2) is 4.79 Å². The number of esters is 1. The molecule has 4 aromatic carbocycles. The minimum Gasteiger partial charge on any atom is -0.463 e. The fourth-order valence-corrected chi connectivity index (χ4v) is 6.14. The van der Waals surface area contributed by atoms with Gasteiger partial charge in [0.2, 0.25) is 5.91 Å². The number of hydrogen-bond donors (Lipinski definition) is 1. The van der Waals surface area contributed by atoms with Crippen LogP contribution >= 0.6 is 0 Å². The normalized spacial score (nSPS) is 15.1. The van der Waals surface area contributed by atoms with Gasteiger partial charge in [0.15, 0.2) is 0 Å². The Hall–Kier alpha value is -5.18. The molecule has 1 aliphatic heterocycles. The molecule has 1 atom stereocenters. The number of carbonyl (C=O) groups excluding carboxylic acids is 3. The van der Waals surface area contributed by atoms with E-state index < -0.39 is 23.6 Å². The first-order chi connectivity index (χ1) is 23.1. The topological polar surface area (TPSA) is 75.7 Å². The molecule has 5 rings (SSSR count). The van der Waals surface area contributed by atoms with Gasteiger partial charge in [-0.15, -0.1) is 0 Å². The molecule has 48 heavy (non-hydrogen) atoms. The van der Waals surface area contributed by atoms with E-state index >= 15 is 0 Å². The van der Waals surface area contributed by atoms with E-state index in [0.29, 0.717) is 23.4 Å². The number of ether oxygens (including phenoxy) is 1. The van der Waals surface area contributed by atoms with Gasteiger partial charge < -0.3 is 15.0 Å². The highest BCUT2D eigenvalue weighted by Gasteiger charge is 2.37. The van der Waals surface area contributed by atoms with E-state index in [-0.39, 0.29) is 42.9 Å². The lowest BCUT2D eigenvalue weighted by molar-refractivity contribution is -0.140. The van der Waals surface area contributed by atoms with Crippen molar-refractivity contribution >= 4 is 17.8 Å². The average molecular weight is 655 g/mol. The summed E-state index contributed by atoms with van der Waals surface area (Å²) in [6.07, 6.45) is -3.89. The number of allylic oxidation sites excluding steroid dienone is 1. The van der Waals surface area contributed by atoms with Crippen LogP contribution in [-0.4, -0.2) is 35.8 Å². The molecule has 0 aliphatic carbocycles. The fraction of sp³-hybridized carbons (Fsp3) is 0.256. The molecule has 0 bridgehead atoms. The monoisotopic (exact) mass is 654 g/mol. The third kappa shape index (κ3) is 8.02. The molecule has 1 aliphatic rings. The Morgan fingerprint density at radius 3 is 2.00 bits per heavy atom. The molecule has 0 aromatic heterocycles. The van der Waals surface area contributed by atoms with Crippen molar-refractivity contribution in [2.24, 2.45) is 0 Å². The maximum Gasteiger partial charge on any atom is 0.416 e. The molecule has 0 spiro atoms. The lowest BCUT2D eigenvalue weighted by Crippen LogP contribution is -2.38. The molecule has 9 heteroatoms. The summed E-state index contributed by atoms with van der Waals surface area (Å²) < 4.78 is 44.8. The van der Waals surface area contributed by atoms with Crippen LogP contribution in [0.15, 0.2) is 120 Å². The number of alkyl halides is 3. The van der Waals surface area contributed by atoms with Gasteiger partial charge in [-0.1, -0.05) is 84.9 Å². The van der Waals surface area contributed by atoms with E-state index in [1.165, 1.54) is 28.2 Å². The highest BCUT2D eigenvalue weighted by molar-refractivity contribution is 5.96. The lowest BCUT2D eigenvalue weighted by Gasteiger charge is -2.34. The van der Waals surface area contributed by atoms with Crippen molar-refractivity contribution in [3.8, 4) is 0 Å². The van der Waals surface area contributed by atoms with Crippen molar-refractivity contribution in [2.75, 3.05) is 13.2 Å². The first kappa shape index (κ1) is 34.2. The molecule has 0 saturated carbocycles. The van der Waals surface area contributed by atoms with Crippen molar-refractivity contribution in [3.63, 3.8) is 0 Å². The SMILES string of the molecule is CCOC(=O)C1=C(C)N(Cc2ccc(C(=O)NCCC(c3ccccc3)c3ccccc3)cc2)C(=O)CC1c1ccc(C(F)(F)F)cc1. The van der Waals surface area contributed by atoms with Gasteiger partial charge in [0.1, 0.15) is 0 Å². The zero-order valence-corrected chi connectivity index (χ0v) is 26.8. The van der Waals surface area contributed by atoms with Gasteiger partial charge in [-0.3, -0.25) is 9.59 Å². The van der Waals surface area contributed by atoms with Crippen molar-refractivity contribution in [3.05, 3.63) is 154 Å². The number of benzene rings is 4. The van der Waals surface area contributed by atoms with E-state index in [9.17, 15) is 27.6 Å². The molecular weight excluding hydrogens is 617 g/mol. The van der Waals surface area contributed by atoms with Crippen LogP contribution in [0.2, 0.25) is 0 Å². The fourth-order valence-electron chi connectivity index (χ4n) is 6.14. The summed E-state index contributed by atoms with van der Waals surface area (Å²) in [6, 6.07) is 31.8.